The van der Waals surface area contributed by atoms with E-state index in [4.69, 9.17) is 32.5 Å². The molecule has 0 radical (unpaired) electrons. The number of amides is 1. The lowest BCUT2D eigenvalue weighted by Gasteiger charge is -2.38. The van der Waals surface area contributed by atoms with Gasteiger partial charge >= 0.3 is 19.3 Å². The molecule has 9 nitrogen and oxygen atoms in total. The molecule has 1 aliphatic rings. The van der Waals surface area contributed by atoms with Crippen molar-refractivity contribution in [3.05, 3.63) is 69.2 Å². The monoisotopic (exact) mass is 671 g/mol. The summed E-state index contributed by atoms with van der Waals surface area (Å²) >= 11 is 12.2. The second kappa shape index (κ2) is 14.8. The third-order valence-electron chi connectivity index (χ3n) is 7.15. The maximum atomic E-state index is 13.9. The number of hydrogen-bond donors (Lipinski definition) is 2. The molecule has 2 N–H and O–H groups in total. The number of aliphatic carboxylic acids is 1. The number of Topliss-reactive ketones (excluding diaryl/α,β-unsaturated/α-hetero) is 2. The molecule has 2 aromatic carbocycles. The third-order valence-corrected chi connectivity index (χ3v) is 7.72. The molecular weight excluding hydrogens is 641 g/mol. The lowest BCUT2D eigenvalue weighted by atomic mass is 9.63. The Hall–Kier alpha value is -3.42. The van der Waals surface area contributed by atoms with Gasteiger partial charge in [0, 0.05) is 23.7 Å². The Kier molecular flexibility index (Phi) is 11.8. The lowest BCUT2D eigenvalue weighted by Crippen LogP contribution is -2.56. The first-order valence-electron chi connectivity index (χ1n) is 13.9. The molecule has 1 amide bonds. The topological polar surface area (TPSA) is 136 Å². The molecule has 1 aliphatic heterocycles. The van der Waals surface area contributed by atoms with Gasteiger partial charge in [-0.2, -0.15) is 13.2 Å². The van der Waals surface area contributed by atoms with Crippen LogP contribution in [0.5, 0.6) is 0 Å². The van der Waals surface area contributed by atoms with Gasteiger partial charge in [-0.05, 0) is 61.6 Å². The second-order valence-electron chi connectivity index (χ2n) is 11.4. The predicted molar refractivity (Wildman–Crippen MR) is 159 cm³/mol. The number of carboxylic acid groups (broad SMARTS) is 1. The summed E-state index contributed by atoms with van der Waals surface area (Å²) in [6, 6.07) is 6.89. The van der Waals surface area contributed by atoms with Crippen LogP contribution in [-0.4, -0.2) is 53.3 Å². The standard InChI is InChI=1S/C30H31BCl2F3NO8/c1-16(2)10-20(31-44-26(40)15-29(45-31,28(42)43)14-17(3)38)12-25(39)24(11-18-4-6-19(7-5-18)30(34,35)36)37-27(41)22-13-21(32)8-9-23(22)33/h4-9,13,16,20,24H,10-12,14-15H2,1-3H3,(H,37,41)(H,42,43)/t20-,24+,29?/m1/s1. The fourth-order valence-corrected chi connectivity index (χ4v) is 5.48. The number of carboxylic acids is 1. The van der Waals surface area contributed by atoms with Crippen molar-refractivity contribution in [1.29, 1.82) is 0 Å². The van der Waals surface area contributed by atoms with Crippen LogP contribution in [0, 0.1) is 5.92 Å². The van der Waals surface area contributed by atoms with Crippen LogP contribution in [0.2, 0.25) is 15.9 Å². The zero-order chi connectivity index (χ0) is 33.7. The van der Waals surface area contributed by atoms with E-state index in [9.17, 15) is 42.3 Å². The summed E-state index contributed by atoms with van der Waals surface area (Å²) < 4.78 is 50.5. The van der Waals surface area contributed by atoms with Gasteiger partial charge in [0.25, 0.3) is 11.9 Å². The van der Waals surface area contributed by atoms with Gasteiger partial charge in [-0.15, -0.1) is 0 Å². The maximum absolute atomic E-state index is 13.9. The van der Waals surface area contributed by atoms with Crippen LogP contribution in [0.3, 0.4) is 0 Å². The van der Waals surface area contributed by atoms with Crippen molar-refractivity contribution in [3.63, 3.8) is 0 Å². The summed E-state index contributed by atoms with van der Waals surface area (Å²) in [7, 11) is -1.52. The number of hydrogen-bond acceptors (Lipinski definition) is 7. The molecular formula is C30H31BCl2F3NO8. The maximum Gasteiger partial charge on any atom is 0.531 e. The average molecular weight is 672 g/mol. The largest absolute Gasteiger partial charge is 0.531 e. The highest BCUT2D eigenvalue weighted by Gasteiger charge is 2.54. The first-order valence-corrected chi connectivity index (χ1v) is 14.7. The summed E-state index contributed by atoms with van der Waals surface area (Å²) in [5, 5.41) is 12.7. The molecule has 1 unspecified atom stereocenters. The first kappa shape index (κ1) is 36.1. The van der Waals surface area contributed by atoms with E-state index in [1.54, 1.807) is 0 Å². The van der Waals surface area contributed by atoms with Gasteiger partial charge in [-0.3, -0.25) is 19.2 Å². The van der Waals surface area contributed by atoms with E-state index in [1.165, 1.54) is 30.3 Å². The molecule has 45 heavy (non-hydrogen) atoms. The number of carbonyl (C=O) groups is 5. The van der Waals surface area contributed by atoms with E-state index < -0.39 is 78.6 Å². The Balaban J connectivity index is 1.95. The Morgan fingerprint density at radius 3 is 2.29 bits per heavy atom. The summed E-state index contributed by atoms with van der Waals surface area (Å²) in [5.74, 6) is -5.41. The molecule has 0 saturated carbocycles. The minimum Gasteiger partial charge on any atom is -0.509 e. The van der Waals surface area contributed by atoms with E-state index in [0.29, 0.717) is 5.56 Å². The number of nitrogens with one attached hydrogen (secondary N) is 1. The molecule has 3 atom stereocenters. The van der Waals surface area contributed by atoms with E-state index in [-0.39, 0.29) is 40.8 Å². The molecule has 1 fully saturated rings. The van der Waals surface area contributed by atoms with E-state index in [2.05, 4.69) is 5.32 Å². The number of halogens is 5. The van der Waals surface area contributed by atoms with Gasteiger partial charge in [0.2, 0.25) is 0 Å². The van der Waals surface area contributed by atoms with Crippen LogP contribution in [0.1, 0.15) is 67.9 Å². The van der Waals surface area contributed by atoms with Crippen molar-refractivity contribution in [1.82, 2.24) is 5.32 Å². The molecule has 2 aromatic rings. The second-order valence-corrected chi connectivity index (χ2v) is 12.3. The van der Waals surface area contributed by atoms with Crippen LogP contribution in [-0.2, 0) is 41.1 Å². The third kappa shape index (κ3) is 9.78. The van der Waals surface area contributed by atoms with E-state index in [0.717, 1.165) is 19.1 Å². The molecule has 0 aliphatic carbocycles. The summed E-state index contributed by atoms with van der Waals surface area (Å²) in [6.45, 7) is 4.77. The van der Waals surface area contributed by atoms with Crippen LogP contribution in [0.15, 0.2) is 42.5 Å². The summed E-state index contributed by atoms with van der Waals surface area (Å²) in [4.78, 5) is 63.7. The molecule has 15 heteroatoms. The normalized spacial score (nSPS) is 18.2. The van der Waals surface area contributed by atoms with Gasteiger partial charge in [-0.1, -0.05) is 49.2 Å². The lowest BCUT2D eigenvalue weighted by molar-refractivity contribution is -0.172. The molecule has 242 valence electrons. The number of carbonyl (C=O) groups excluding carboxylic acids is 4. The Morgan fingerprint density at radius 2 is 1.73 bits per heavy atom. The molecule has 0 spiro atoms. The molecule has 1 heterocycles. The molecule has 3 rings (SSSR count). The van der Waals surface area contributed by atoms with Crippen LogP contribution in [0.25, 0.3) is 0 Å². The minimum atomic E-state index is -4.58. The summed E-state index contributed by atoms with van der Waals surface area (Å²) in [6.07, 6.45) is -6.30. The fraction of sp³-hybridized carbons (Fsp3) is 0.433. The van der Waals surface area contributed by atoms with Crippen LogP contribution in [0.4, 0.5) is 13.2 Å². The highest BCUT2D eigenvalue weighted by Crippen LogP contribution is 2.36. The average Bonchev–Trinajstić information content (AvgIpc) is 2.92. The SMILES string of the molecule is CC(=O)CC1(C(=O)O)CC(=O)OB([C@@H](CC(=O)[C@H](Cc2ccc(C(F)(F)F)cc2)NC(=O)c2cc(Cl)ccc2Cl)CC(C)C)O1. The van der Waals surface area contributed by atoms with E-state index >= 15 is 0 Å². The molecule has 0 bridgehead atoms. The highest BCUT2D eigenvalue weighted by molar-refractivity contribution is 6.50. The van der Waals surface area contributed by atoms with E-state index in [1.807, 2.05) is 13.8 Å². The van der Waals surface area contributed by atoms with Gasteiger partial charge in [0.1, 0.15) is 5.78 Å². The highest BCUT2D eigenvalue weighted by atomic mass is 35.5. The summed E-state index contributed by atoms with van der Waals surface area (Å²) in [5.41, 5.74) is -2.84. The Morgan fingerprint density at radius 1 is 1.09 bits per heavy atom. The number of benzene rings is 2. The van der Waals surface area contributed by atoms with Crippen molar-refractivity contribution in [2.24, 2.45) is 5.92 Å². The minimum absolute atomic E-state index is 0.0355. The van der Waals surface area contributed by atoms with Gasteiger partial charge in [0.05, 0.1) is 28.6 Å². The van der Waals surface area contributed by atoms with Crippen LogP contribution < -0.4 is 5.32 Å². The van der Waals surface area contributed by atoms with Crippen molar-refractivity contribution in [2.45, 2.75) is 76.5 Å². The van der Waals surface area contributed by atoms with Gasteiger partial charge < -0.3 is 19.7 Å². The Labute approximate surface area is 267 Å². The zero-order valence-electron chi connectivity index (χ0n) is 24.6. The van der Waals surface area contributed by atoms with Gasteiger partial charge in [0.15, 0.2) is 11.4 Å². The van der Waals surface area contributed by atoms with Crippen molar-refractivity contribution in [2.75, 3.05) is 0 Å². The molecule has 1 saturated heterocycles. The van der Waals surface area contributed by atoms with Crippen molar-refractivity contribution in [3.8, 4) is 0 Å². The number of ketones is 2. The number of alkyl halides is 3. The van der Waals surface area contributed by atoms with Crippen LogP contribution >= 0.6 is 23.2 Å². The Bertz CT molecular complexity index is 1450. The predicted octanol–water partition coefficient (Wildman–Crippen LogP) is 5.98. The van der Waals surface area contributed by atoms with Crippen molar-refractivity contribution >= 4 is 59.7 Å². The molecule has 0 aromatic heterocycles. The van der Waals surface area contributed by atoms with Crippen molar-refractivity contribution < 1.29 is 51.6 Å². The zero-order valence-corrected chi connectivity index (χ0v) is 26.1. The first-order chi connectivity index (χ1) is 20.9. The smallest absolute Gasteiger partial charge is 0.509 e. The number of rotatable bonds is 13. The quantitative estimate of drug-likeness (QED) is 0.248. The fourth-order valence-electron chi connectivity index (χ4n) is 5.11. The van der Waals surface area contributed by atoms with Gasteiger partial charge in [-0.25, -0.2) is 4.79 Å².